The Morgan fingerprint density at radius 2 is 1.73 bits per heavy atom. The molecule has 1 aliphatic carbocycles. The van der Waals surface area contributed by atoms with Crippen LogP contribution in [0.1, 0.15) is 13.8 Å². The highest BCUT2D eigenvalue weighted by Crippen LogP contribution is 2.37. The van der Waals surface area contributed by atoms with Crippen LogP contribution in [0.15, 0.2) is 46.6 Å². The van der Waals surface area contributed by atoms with Gasteiger partial charge >= 0.3 is 0 Å². The number of benzene rings is 1. The van der Waals surface area contributed by atoms with E-state index in [0.29, 0.717) is 0 Å². The molecule has 0 amide bonds. The zero-order valence-corrected chi connectivity index (χ0v) is 19.2. The van der Waals surface area contributed by atoms with Gasteiger partial charge in [0.15, 0.2) is 18.8 Å². The van der Waals surface area contributed by atoms with Gasteiger partial charge in [-0.05, 0) is 34.7 Å². The van der Waals surface area contributed by atoms with Crippen molar-refractivity contribution in [3.8, 4) is 0 Å². The third-order valence-electron chi connectivity index (χ3n) is 7.19. The Kier molecular flexibility index (Phi) is 5.48. The predicted molar refractivity (Wildman–Crippen MR) is 126 cm³/mol. The quantitative estimate of drug-likeness (QED) is 0.427. The molecule has 0 aromatic heterocycles. The highest BCUT2D eigenvalue weighted by atomic mass is 28.3. The molecule has 3 heterocycles. The summed E-state index contributed by atoms with van der Waals surface area (Å²) in [6.45, 7) is 11.9. The molecule has 0 bridgehead atoms. The standard InChI is InChI=1S/C24H32N3O2Si/c1-3-30(4-2)23-17-19(26-9-13-28-14-10-26)5-7-21(23)25-22-8-6-20(18-24(22)30)27-11-15-29-16-12-27/h5-8,17-18H,3-4,9-16H2,1-2H3/q+1. The molecular formula is C24H32N3O2Si+. The number of aliphatic imine (C=N–C) groups is 1. The van der Waals surface area contributed by atoms with Crippen molar-refractivity contribution in [1.82, 2.24) is 0 Å². The number of fused-ring (bicyclic) bond motifs is 2. The summed E-state index contributed by atoms with van der Waals surface area (Å²) in [7, 11) is -1.87. The van der Waals surface area contributed by atoms with Crippen molar-refractivity contribution in [1.29, 1.82) is 0 Å². The number of ether oxygens (including phenoxy) is 2. The van der Waals surface area contributed by atoms with E-state index in [2.05, 4.69) is 59.8 Å². The first-order chi connectivity index (χ1) is 14.7. The summed E-state index contributed by atoms with van der Waals surface area (Å²) >= 11 is 0. The zero-order valence-electron chi connectivity index (χ0n) is 18.2. The predicted octanol–water partition coefficient (Wildman–Crippen LogP) is 2.82. The molecule has 5 rings (SSSR count). The van der Waals surface area contributed by atoms with Gasteiger partial charge in [0.1, 0.15) is 21.3 Å². The Morgan fingerprint density at radius 1 is 1.00 bits per heavy atom. The van der Waals surface area contributed by atoms with Crippen molar-refractivity contribution in [3.05, 3.63) is 41.6 Å². The number of allylic oxidation sites excluding steroid dienone is 4. The maximum absolute atomic E-state index is 5.57. The Balaban J connectivity index is 1.61. The third-order valence-corrected chi connectivity index (χ3v) is 12.5. The van der Waals surface area contributed by atoms with Crippen molar-refractivity contribution in [3.63, 3.8) is 0 Å². The van der Waals surface area contributed by atoms with Crippen LogP contribution in [0.4, 0.5) is 11.4 Å². The lowest BCUT2D eigenvalue weighted by Crippen LogP contribution is -2.54. The highest BCUT2D eigenvalue weighted by molar-refractivity contribution is 7.02. The van der Waals surface area contributed by atoms with Gasteiger partial charge in [-0.2, -0.15) is 0 Å². The molecule has 0 atom stereocenters. The van der Waals surface area contributed by atoms with Gasteiger partial charge in [0.05, 0.1) is 24.6 Å². The molecule has 5 nitrogen and oxygen atoms in total. The smallest absolute Gasteiger partial charge is 0.200 e. The molecule has 2 saturated heterocycles. The summed E-state index contributed by atoms with van der Waals surface area (Å²) in [5.41, 5.74) is 5.04. The minimum atomic E-state index is -1.87. The van der Waals surface area contributed by atoms with Crippen molar-refractivity contribution in [2.45, 2.75) is 25.9 Å². The summed E-state index contributed by atoms with van der Waals surface area (Å²) in [5, 5.41) is 3.03. The summed E-state index contributed by atoms with van der Waals surface area (Å²) in [6, 6.07) is 9.39. The van der Waals surface area contributed by atoms with E-state index in [0.717, 1.165) is 52.6 Å². The van der Waals surface area contributed by atoms with E-state index in [4.69, 9.17) is 14.5 Å². The molecule has 3 aliphatic heterocycles. The lowest BCUT2D eigenvalue weighted by atomic mass is 10.1. The van der Waals surface area contributed by atoms with Gasteiger partial charge < -0.3 is 14.4 Å². The molecule has 6 heteroatoms. The minimum Gasteiger partial charge on any atom is -0.378 e. The van der Waals surface area contributed by atoms with E-state index in [9.17, 15) is 0 Å². The molecule has 1 aromatic carbocycles. The van der Waals surface area contributed by atoms with Crippen LogP contribution in [0.5, 0.6) is 0 Å². The topological polar surface area (TPSA) is 37.1 Å². The SMILES string of the molecule is CC[Si]1(CC)C2=CC(=[N+]3CCOCC3)C=CC2=Nc2ccc(N3CCOCC3)cc21. The van der Waals surface area contributed by atoms with Crippen molar-refractivity contribution in [2.75, 3.05) is 57.5 Å². The van der Waals surface area contributed by atoms with Gasteiger partial charge in [0.2, 0.25) is 0 Å². The van der Waals surface area contributed by atoms with Crippen LogP contribution in [-0.2, 0) is 9.47 Å². The first kappa shape index (κ1) is 19.9. The number of rotatable bonds is 3. The maximum atomic E-state index is 5.57. The molecule has 2 fully saturated rings. The molecule has 0 radical (unpaired) electrons. The summed E-state index contributed by atoms with van der Waals surface area (Å²) in [6.07, 6.45) is 6.98. The van der Waals surface area contributed by atoms with Gasteiger partial charge in [-0.1, -0.05) is 25.9 Å². The number of hydrogen-bond donors (Lipinski definition) is 0. The van der Waals surface area contributed by atoms with E-state index >= 15 is 0 Å². The van der Waals surface area contributed by atoms with Gasteiger partial charge in [-0.3, -0.25) is 0 Å². The Morgan fingerprint density at radius 3 is 2.47 bits per heavy atom. The lowest BCUT2D eigenvalue weighted by Gasteiger charge is -2.39. The molecule has 0 saturated carbocycles. The second kappa shape index (κ2) is 8.25. The van der Waals surface area contributed by atoms with Crippen LogP contribution in [0, 0.1) is 0 Å². The van der Waals surface area contributed by atoms with Crippen LogP contribution < -0.4 is 10.1 Å². The maximum Gasteiger partial charge on any atom is 0.200 e. The van der Waals surface area contributed by atoms with Gasteiger partial charge in [0.25, 0.3) is 0 Å². The van der Waals surface area contributed by atoms with Crippen LogP contribution in [0.3, 0.4) is 0 Å². The van der Waals surface area contributed by atoms with E-state index in [1.165, 1.54) is 45.3 Å². The van der Waals surface area contributed by atoms with Crippen LogP contribution >= 0.6 is 0 Å². The van der Waals surface area contributed by atoms with E-state index < -0.39 is 8.07 Å². The molecule has 158 valence electrons. The van der Waals surface area contributed by atoms with E-state index in [-0.39, 0.29) is 0 Å². The fourth-order valence-electron chi connectivity index (χ4n) is 5.33. The fourth-order valence-corrected chi connectivity index (χ4v) is 9.75. The summed E-state index contributed by atoms with van der Waals surface area (Å²) < 4.78 is 13.6. The normalized spacial score (nSPS) is 22.9. The first-order valence-electron chi connectivity index (χ1n) is 11.4. The Hall–Kier alpha value is -2.02. The van der Waals surface area contributed by atoms with Crippen molar-refractivity contribution in [2.24, 2.45) is 4.99 Å². The molecule has 30 heavy (non-hydrogen) atoms. The van der Waals surface area contributed by atoms with Gasteiger partial charge in [0, 0.05) is 30.9 Å². The van der Waals surface area contributed by atoms with Gasteiger partial charge in [-0.25, -0.2) is 9.57 Å². The Bertz CT molecular complexity index is 945. The highest BCUT2D eigenvalue weighted by Gasteiger charge is 2.43. The molecule has 0 unspecified atom stereocenters. The zero-order chi connectivity index (χ0) is 20.6. The fraction of sp³-hybridized carbons (Fsp3) is 0.500. The minimum absolute atomic E-state index is 0.817. The number of morpholine rings is 2. The van der Waals surface area contributed by atoms with Crippen molar-refractivity contribution >= 4 is 36.1 Å². The molecule has 4 aliphatic rings. The van der Waals surface area contributed by atoms with Crippen LogP contribution in [0.25, 0.3) is 0 Å². The van der Waals surface area contributed by atoms with Crippen LogP contribution in [0.2, 0.25) is 12.1 Å². The second-order valence-corrected chi connectivity index (χ2v) is 13.2. The first-order valence-corrected chi connectivity index (χ1v) is 13.8. The number of anilines is 1. The summed E-state index contributed by atoms with van der Waals surface area (Å²) in [5.74, 6) is 0. The average molecular weight is 423 g/mol. The van der Waals surface area contributed by atoms with Gasteiger partial charge in [-0.15, -0.1) is 0 Å². The molecule has 1 aromatic rings. The third kappa shape index (κ3) is 3.31. The average Bonchev–Trinajstić information content (AvgIpc) is 2.83. The lowest BCUT2D eigenvalue weighted by molar-refractivity contribution is -0.547. The summed E-state index contributed by atoms with van der Waals surface area (Å²) in [4.78, 5) is 7.59. The van der Waals surface area contributed by atoms with E-state index in [1.807, 2.05) is 0 Å². The van der Waals surface area contributed by atoms with Crippen molar-refractivity contribution < 1.29 is 14.0 Å². The largest absolute Gasteiger partial charge is 0.378 e. The molecular weight excluding hydrogens is 390 g/mol. The van der Waals surface area contributed by atoms with E-state index in [1.54, 1.807) is 0 Å². The molecule has 0 spiro atoms. The Labute approximate surface area is 180 Å². The monoisotopic (exact) mass is 422 g/mol. The van der Waals surface area contributed by atoms with Crippen LogP contribution in [-0.4, -0.2) is 76.7 Å². The number of nitrogens with zero attached hydrogens (tertiary/aromatic N) is 3. The second-order valence-electron chi connectivity index (χ2n) is 8.50. The molecule has 0 N–H and O–H groups in total. The number of hydrogen-bond acceptors (Lipinski definition) is 4.